The number of para-hydroxylation sites is 1. The Hall–Kier alpha value is -2.56. The van der Waals surface area contributed by atoms with Crippen molar-refractivity contribution < 1.29 is 4.79 Å². The number of aromatic nitrogens is 3. The number of carbonyl (C=O) groups excluding carboxylic acids is 1. The van der Waals surface area contributed by atoms with Gasteiger partial charge in [-0.2, -0.15) is 5.10 Å². The molecule has 2 aromatic heterocycles. The number of fused-ring (bicyclic) bond motifs is 1. The molecule has 0 saturated heterocycles. The van der Waals surface area contributed by atoms with Crippen LogP contribution in [0.5, 0.6) is 0 Å². The number of carbonyl (C=O) groups is 1. The van der Waals surface area contributed by atoms with Crippen molar-refractivity contribution in [3.63, 3.8) is 0 Å². The summed E-state index contributed by atoms with van der Waals surface area (Å²) >= 11 is 0. The third kappa shape index (κ3) is 3.67. The SMILES string of the molecule is CCn1cc(CNC(=O)CCCc2c[nH]c3ccccc23)c(C)n1. The summed E-state index contributed by atoms with van der Waals surface area (Å²) in [4.78, 5) is 15.3. The van der Waals surface area contributed by atoms with E-state index in [-0.39, 0.29) is 5.91 Å². The molecule has 1 aromatic carbocycles. The van der Waals surface area contributed by atoms with Crippen LogP contribution >= 0.6 is 0 Å². The maximum absolute atomic E-state index is 12.0. The van der Waals surface area contributed by atoms with Crippen molar-refractivity contribution in [3.8, 4) is 0 Å². The Morgan fingerprint density at radius 2 is 2.12 bits per heavy atom. The highest BCUT2D eigenvalue weighted by Crippen LogP contribution is 2.19. The number of rotatable bonds is 7. The molecule has 0 aliphatic carbocycles. The molecular formula is C19H24N4O. The van der Waals surface area contributed by atoms with Gasteiger partial charge >= 0.3 is 0 Å². The van der Waals surface area contributed by atoms with Gasteiger partial charge in [-0.15, -0.1) is 0 Å². The van der Waals surface area contributed by atoms with E-state index in [2.05, 4.69) is 34.5 Å². The van der Waals surface area contributed by atoms with Gasteiger partial charge < -0.3 is 10.3 Å². The van der Waals surface area contributed by atoms with E-state index in [0.717, 1.165) is 36.2 Å². The fourth-order valence-electron chi connectivity index (χ4n) is 2.95. The van der Waals surface area contributed by atoms with Gasteiger partial charge in [-0.3, -0.25) is 9.48 Å². The topological polar surface area (TPSA) is 62.7 Å². The summed E-state index contributed by atoms with van der Waals surface area (Å²) < 4.78 is 1.90. The summed E-state index contributed by atoms with van der Waals surface area (Å²) in [5.74, 6) is 0.0958. The van der Waals surface area contributed by atoms with Crippen LogP contribution in [-0.4, -0.2) is 20.7 Å². The molecule has 3 rings (SSSR count). The van der Waals surface area contributed by atoms with Gasteiger partial charge in [-0.1, -0.05) is 18.2 Å². The third-order valence-electron chi connectivity index (χ3n) is 4.37. The molecule has 1 amide bonds. The van der Waals surface area contributed by atoms with Crippen LogP contribution in [0.1, 0.15) is 36.6 Å². The Bertz CT molecular complexity index is 831. The molecule has 0 bridgehead atoms. The lowest BCUT2D eigenvalue weighted by atomic mass is 10.1. The molecule has 0 aliphatic heterocycles. The summed E-state index contributed by atoms with van der Waals surface area (Å²) in [7, 11) is 0. The second kappa shape index (κ2) is 7.34. The highest BCUT2D eigenvalue weighted by atomic mass is 16.1. The van der Waals surface area contributed by atoms with E-state index in [1.54, 1.807) is 0 Å². The Kier molecular flexibility index (Phi) is 4.99. The standard InChI is InChI=1S/C19H24N4O/c1-3-23-13-16(14(2)22-23)12-21-19(24)10-6-7-15-11-20-18-9-5-4-8-17(15)18/h4-5,8-9,11,13,20H,3,6-7,10,12H2,1-2H3,(H,21,24). The molecule has 5 heteroatoms. The quantitative estimate of drug-likeness (QED) is 0.700. The van der Waals surface area contributed by atoms with Crippen molar-refractivity contribution in [2.75, 3.05) is 0 Å². The molecule has 2 heterocycles. The Morgan fingerprint density at radius 3 is 2.92 bits per heavy atom. The maximum Gasteiger partial charge on any atom is 0.220 e. The van der Waals surface area contributed by atoms with Gasteiger partial charge in [0.25, 0.3) is 0 Å². The fourth-order valence-corrected chi connectivity index (χ4v) is 2.95. The lowest BCUT2D eigenvalue weighted by molar-refractivity contribution is -0.121. The first-order valence-electron chi connectivity index (χ1n) is 8.52. The number of aryl methyl sites for hydroxylation is 3. The van der Waals surface area contributed by atoms with Crippen molar-refractivity contribution in [2.24, 2.45) is 0 Å². The molecule has 0 saturated carbocycles. The fraction of sp³-hybridized carbons (Fsp3) is 0.368. The summed E-state index contributed by atoms with van der Waals surface area (Å²) in [6.07, 6.45) is 6.35. The van der Waals surface area contributed by atoms with Crippen LogP contribution in [0.15, 0.2) is 36.7 Å². The molecule has 2 N–H and O–H groups in total. The Morgan fingerprint density at radius 1 is 1.29 bits per heavy atom. The largest absolute Gasteiger partial charge is 0.361 e. The number of nitrogens with zero attached hydrogens (tertiary/aromatic N) is 2. The minimum absolute atomic E-state index is 0.0958. The van der Waals surface area contributed by atoms with Gasteiger partial charge in [-0.25, -0.2) is 0 Å². The predicted octanol–water partition coefficient (Wildman–Crippen LogP) is 3.33. The average molecular weight is 324 g/mol. The number of H-pyrrole nitrogens is 1. The van der Waals surface area contributed by atoms with Crippen LogP contribution in [0, 0.1) is 6.92 Å². The predicted molar refractivity (Wildman–Crippen MR) is 95.7 cm³/mol. The molecule has 0 spiro atoms. The monoisotopic (exact) mass is 324 g/mol. The summed E-state index contributed by atoms with van der Waals surface area (Å²) in [5, 5.41) is 8.64. The van der Waals surface area contributed by atoms with Gasteiger partial charge in [0.2, 0.25) is 5.91 Å². The van der Waals surface area contributed by atoms with E-state index in [0.29, 0.717) is 13.0 Å². The van der Waals surface area contributed by atoms with E-state index in [9.17, 15) is 4.79 Å². The summed E-state index contributed by atoms with van der Waals surface area (Å²) in [6.45, 7) is 5.43. The van der Waals surface area contributed by atoms with Crippen LogP contribution in [0.4, 0.5) is 0 Å². The molecule has 5 nitrogen and oxygen atoms in total. The maximum atomic E-state index is 12.0. The minimum Gasteiger partial charge on any atom is -0.361 e. The Labute approximate surface area is 142 Å². The molecular weight excluding hydrogens is 300 g/mol. The van der Waals surface area contributed by atoms with Crippen molar-refractivity contribution >= 4 is 16.8 Å². The number of amides is 1. The Balaban J connectivity index is 1.46. The van der Waals surface area contributed by atoms with Crippen LogP contribution in [0.3, 0.4) is 0 Å². The second-order valence-electron chi connectivity index (χ2n) is 6.09. The van der Waals surface area contributed by atoms with E-state index < -0.39 is 0 Å². The minimum atomic E-state index is 0.0958. The van der Waals surface area contributed by atoms with E-state index in [4.69, 9.17) is 0 Å². The van der Waals surface area contributed by atoms with Crippen LogP contribution in [0.25, 0.3) is 10.9 Å². The number of hydrogen-bond acceptors (Lipinski definition) is 2. The smallest absolute Gasteiger partial charge is 0.220 e. The van der Waals surface area contributed by atoms with Crippen molar-refractivity contribution in [1.82, 2.24) is 20.1 Å². The summed E-state index contributed by atoms with van der Waals surface area (Å²) in [6, 6.07) is 8.27. The summed E-state index contributed by atoms with van der Waals surface area (Å²) in [5.41, 5.74) is 4.50. The third-order valence-corrected chi connectivity index (χ3v) is 4.37. The first-order valence-corrected chi connectivity index (χ1v) is 8.52. The molecule has 0 aliphatic rings. The van der Waals surface area contributed by atoms with Crippen molar-refractivity contribution in [3.05, 3.63) is 53.5 Å². The number of benzene rings is 1. The molecule has 0 unspecified atom stereocenters. The van der Waals surface area contributed by atoms with Crippen LogP contribution < -0.4 is 5.32 Å². The van der Waals surface area contributed by atoms with E-state index in [1.165, 1.54) is 10.9 Å². The number of hydrogen-bond donors (Lipinski definition) is 2. The van der Waals surface area contributed by atoms with E-state index in [1.807, 2.05) is 36.1 Å². The zero-order valence-corrected chi connectivity index (χ0v) is 14.3. The van der Waals surface area contributed by atoms with Gasteiger partial charge in [0.1, 0.15) is 0 Å². The number of aromatic amines is 1. The molecule has 0 radical (unpaired) electrons. The van der Waals surface area contributed by atoms with Crippen LogP contribution in [-0.2, 0) is 24.3 Å². The van der Waals surface area contributed by atoms with Gasteiger partial charge in [0, 0.05) is 48.4 Å². The van der Waals surface area contributed by atoms with Gasteiger partial charge in [-0.05, 0) is 38.3 Å². The lowest BCUT2D eigenvalue weighted by Gasteiger charge is -2.04. The normalized spacial score (nSPS) is 11.1. The highest BCUT2D eigenvalue weighted by Gasteiger charge is 2.08. The molecule has 3 aromatic rings. The zero-order valence-electron chi connectivity index (χ0n) is 14.3. The molecule has 0 atom stereocenters. The molecule has 0 fully saturated rings. The van der Waals surface area contributed by atoms with Gasteiger partial charge in [0.05, 0.1) is 5.69 Å². The second-order valence-corrected chi connectivity index (χ2v) is 6.09. The molecule has 126 valence electrons. The highest BCUT2D eigenvalue weighted by molar-refractivity contribution is 5.83. The van der Waals surface area contributed by atoms with Crippen molar-refractivity contribution in [1.29, 1.82) is 0 Å². The lowest BCUT2D eigenvalue weighted by Crippen LogP contribution is -2.22. The number of nitrogens with one attached hydrogen (secondary N) is 2. The van der Waals surface area contributed by atoms with Crippen LogP contribution in [0.2, 0.25) is 0 Å². The van der Waals surface area contributed by atoms with E-state index >= 15 is 0 Å². The zero-order chi connectivity index (χ0) is 16.9. The average Bonchev–Trinajstić information content (AvgIpc) is 3.16. The van der Waals surface area contributed by atoms with Crippen molar-refractivity contribution in [2.45, 2.75) is 46.2 Å². The van der Waals surface area contributed by atoms with Gasteiger partial charge in [0.15, 0.2) is 0 Å². The first-order chi connectivity index (χ1) is 11.7. The molecule has 24 heavy (non-hydrogen) atoms. The first kappa shape index (κ1) is 16.3.